The van der Waals surface area contributed by atoms with E-state index in [0.29, 0.717) is 57.5 Å². The average molecular weight is 320 g/mol. The quantitative estimate of drug-likeness (QED) is 0.750. The maximum Gasteiger partial charge on any atom is 0.274 e. The van der Waals surface area contributed by atoms with Gasteiger partial charge in [0.25, 0.3) is 11.8 Å². The summed E-state index contributed by atoms with van der Waals surface area (Å²) in [5.74, 6) is 0.615. The Bertz CT molecular complexity index is 593. The number of piperazine rings is 1. The maximum absolute atomic E-state index is 12.5. The van der Waals surface area contributed by atoms with E-state index in [4.69, 9.17) is 9.47 Å². The third kappa shape index (κ3) is 2.67. The lowest BCUT2D eigenvalue weighted by atomic mass is 10.2. The average Bonchev–Trinajstić information content (AvgIpc) is 3.29. The molecule has 0 aliphatic carbocycles. The number of ether oxygens (including phenoxy) is 2. The van der Waals surface area contributed by atoms with Crippen molar-refractivity contribution in [2.45, 2.75) is 25.5 Å². The number of hydrogen-bond donors (Lipinski definition) is 0. The van der Waals surface area contributed by atoms with Crippen molar-refractivity contribution in [3.8, 4) is 5.88 Å². The van der Waals surface area contributed by atoms with Gasteiger partial charge in [0.2, 0.25) is 5.88 Å². The standard InChI is InChI=1S/C15H20N4O4/c20-14(11-10-13-19(16-11)7-9-23-13)17-3-5-18(6-4-17)15(21)12-2-1-8-22-12/h10,12H,1-9H2. The van der Waals surface area contributed by atoms with Crippen LogP contribution in [0, 0.1) is 0 Å². The highest BCUT2D eigenvalue weighted by molar-refractivity contribution is 5.93. The van der Waals surface area contributed by atoms with E-state index in [9.17, 15) is 9.59 Å². The highest BCUT2D eigenvalue weighted by atomic mass is 16.5. The zero-order chi connectivity index (χ0) is 15.8. The molecule has 4 heterocycles. The van der Waals surface area contributed by atoms with Crippen LogP contribution in [0.3, 0.4) is 0 Å². The van der Waals surface area contributed by atoms with Gasteiger partial charge in [-0.25, -0.2) is 4.68 Å². The van der Waals surface area contributed by atoms with Gasteiger partial charge in [-0.3, -0.25) is 9.59 Å². The molecule has 2 fully saturated rings. The molecule has 0 radical (unpaired) electrons. The number of carbonyl (C=O) groups excluding carboxylic acids is 2. The lowest BCUT2D eigenvalue weighted by molar-refractivity contribution is -0.142. The minimum absolute atomic E-state index is 0.0592. The Morgan fingerprint density at radius 1 is 1.09 bits per heavy atom. The Morgan fingerprint density at radius 2 is 1.87 bits per heavy atom. The highest BCUT2D eigenvalue weighted by Gasteiger charge is 2.32. The maximum atomic E-state index is 12.5. The summed E-state index contributed by atoms with van der Waals surface area (Å²) in [5, 5.41) is 4.28. The van der Waals surface area contributed by atoms with Crippen molar-refractivity contribution in [3.63, 3.8) is 0 Å². The second kappa shape index (κ2) is 5.84. The van der Waals surface area contributed by atoms with E-state index in [2.05, 4.69) is 5.10 Å². The van der Waals surface area contributed by atoms with Gasteiger partial charge in [-0.05, 0) is 12.8 Å². The van der Waals surface area contributed by atoms with Crippen LogP contribution in [0.25, 0.3) is 0 Å². The molecule has 4 rings (SSSR count). The first-order valence-electron chi connectivity index (χ1n) is 8.13. The van der Waals surface area contributed by atoms with Crippen LogP contribution in [-0.2, 0) is 16.1 Å². The van der Waals surface area contributed by atoms with Gasteiger partial charge in [-0.2, -0.15) is 5.10 Å². The number of amides is 2. The minimum atomic E-state index is -0.287. The van der Waals surface area contributed by atoms with Crippen molar-refractivity contribution in [3.05, 3.63) is 11.8 Å². The van der Waals surface area contributed by atoms with Gasteiger partial charge >= 0.3 is 0 Å². The molecule has 0 spiro atoms. The van der Waals surface area contributed by atoms with E-state index in [-0.39, 0.29) is 17.9 Å². The largest absolute Gasteiger partial charge is 0.476 e. The van der Waals surface area contributed by atoms with E-state index < -0.39 is 0 Å². The fourth-order valence-corrected chi connectivity index (χ4v) is 3.29. The van der Waals surface area contributed by atoms with Crippen LogP contribution in [0.5, 0.6) is 5.88 Å². The van der Waals surface area contributed by atoms with Crippen molar-refractivity contribution in [1.82, 2.24) is 19.6 Å². The Kier molecular flexibility index (Phi) is 3.68. The first-order chi connectivity index (χ1) is 11.2. The summed E-state index contributed by atoms with van der Waals surface area (Å²) in [4.78, 5) is 28.4. The molecule has 124 valence electrons. The Balaban J connectivity index is 1.35. The lowest BCUT2D eigenvalue weighted by Crippen LogP contribution is -2.52. The Labute approximate surface area is 133 Å². The third-order valence-corrected chi connectivity index (χ3v) is 4.60. The van der Waals surface area contributed by atoms with Gasteiger partial charge in [0.05, 0.1) is 6.54 Å². The molecule has 3 aliphatic heterocycles. The lowest BCUT2D eigenvalue weighted by Gasteiger charge is -2.35. The fraction of sp³-hybridized carbons (Fsp3) is 0.667. The van der Waals surface area contributed by atoms with E-state index in [1.165, 1.54) is 0 Å². The molecule has 1 aromatic rings. The number of rotatable bonds is 2. The summed E-state index contributed by atoms with van der Waals surface area (Å²) >= 11 is 0. The van der Waals surface area contributed by atoms with Crippen molar-refractivity contribution in [1.29, 1.82) is 0 Å². The highest BCUT2D eigenvalue weighted by Crippen LogP contribution is 2.20. The van der Waals surface area contributed by atoms with Crippen molar-refractivity contribution < 1.29 is 19.1 Å². The van der Waals surface area contributed by atoms with Crippen molar-refractivity contribution >= 4 is 11.8 Å². The number of hydrogen-bond acceptors (Lipinski definition) is 5. The summed E-state index contributed by atoms with van der Waals surface area (Å²) in [7, 11) is 0. The van der Waals surface area contributed by atoms with Crippen LogP contribution in [0.1, 0.15) is 23.3 Å². The Hall–Kier alpha value is -2.09. The van der Waals surface area contributed by atoms with Gasteiger partial charge in [-0.1, -0.05) is 0 Å². The van der Waals surface area contributed by atoms with Gasteiger partial charge in [0, 0.05) is 38.9 Å². The molecule has 1 atom stereocenters. The minimum Gasteiger partial charge on any atom is -0.476 e. The molecule has 3 aliphatic rings. The topological polar surface area (TPSA) is 76.9 Å². The molecule has 1 unspecified atom stereocenters. The molecule has 0 aromatic carbocycles. The zero-order valence-electron chi connectivity index (χ0n) is 12.9. The molecule has 0 N–H and O–H groups in total. The number of carbonyl (C=O) groups is 2. The van der Waals surface area contributed by atoms with Gasteiger partial charge in [0.15, 0.2) is 5.69 Å². The van der Waals surface area contributed by atoms with Crippen LogP contribution in [-0.4, -0.2) is 76.9 Å². The molecule has 8 nitrogen and oxygen atoms in total. The second-order valence-electron chi connectivity index (χ2n) is 6.06. The second-order valence-corrected chi connectivity index (χ2v) is 6.06. The monoisotopic (exact) mass is 320 g/mol. The number of fused-ring (bicyclic) bond motifs is 1. The molecule has 0 saturated carbocycles. The van der Waals surface area contributed by atoms with Crippen LogP contribution < -0.4 is 4.74 Å². The zero-order valence-corrected chi connectivity index (χ0v) is 12.9. The summed E-state index contributed by atoms with van der Waals surface area (Å²) in [5.41, 5.74) is 0.415. The van der Waals surface area contributed by atoms with Gasteiger partial charge in [-0.15, -0.1) is 0 Å². The predicted molar refractivity (Wildman–Crippen MR) is 79.2 cm³/mol. The van der Waals surface area contributed by atoms with Crippen LogP contribution in [0.4, 0.5) is 0 Å². The SMILES string of the molecule is O=C(c1cc2n(n1)CCO2)N1CCN(C(=O)C2CCCO2)CC1. The van der Waals surface area contributed by atoms with Crippen LogP contribution in [0.15, 0.2) is 6.07 Å². The van der Waals surface area contributed by atoms with E-state index in [0.717, 1.165) is 12.8 Å². The molecular weight excluding hydrogens is 300 g/mol. The molecule has 2 amide bonds. The molecule has 0 bridgehead atoms. The molecule has 1 aromatic heterocycles. The Morgan fingerprint density at radius 3 is 2.57 bits per heavy atom. The van der Waals surface area contributed by atoms with Gasteiger partial charge in [0.1, 0.15) is 12.7 Å². The van der Waals surface area contributed by atoms with E-state index in [1.54, 1.807) is 20.5 Å². The normalized spacial score (nSPS) is 23.7. The molecular formula is C15H20N4O4. The summed E-state index contributed by atoms with van der Waals surface area (Å²) in [6.07, 6.45) is 1.46. The predicted octanol–water partition coefficient (Wildman–Crippen LogP) is -0.261. The smallest absolute Gasteiger partial charge is 0.274 e. The molecule has 23 heavy (non-hydrogen) atoms. The van der Waals surface area contributed by atoms with E-state index in [1.807, 2.05) is 0 Å². The van der Waals surface area contributed by atoms with Crippen LogP contribution >= 0.6 is 0 Å². The first-order valence-corrected chi connectivity index (χ1v) is 8.13. The van der Waals surface area contributed by atoms with Crippen molar-refractivity contribution in [2.75, 3.05) is 39.4 Å². The summed E-state index contributed by atoms with van der Waals surface area (Å²) in [6, 6.07) is 1.69. The molecule has 8 heteroatoms. The number of nitrogens with zero attached hydrogens (tertiary/aromatic N) is 4. The molecule has 2 saturated heterocycles. The van der Waals surface area contributed by atoms with Crippen LogP contribution in [0.2, 0.25) is 0 Å². The first kappa shape index (κ1) is 14.5. The van der Waals surface area contributed by atoms with E-state index >= 15 is 0 Å². The van der Waals surface area contributed by atoms with Crippen molar-refractivity contribution in [2.24, 2.45) is 0 Å². The fourth-order valence-electron chi connectivity index (χ4n) is 3.29. The summed E-state index contributed by atoms with van der Waals surface area (Å²) < 4.78 is 12.5. The third-order valence-electron chi connectivity index (χ3n) is 4.60. The summed E-state index contributed by atoms with van der Waals surface area (Å²) in [6.45, 7) is 4.12. The number of aromatic nitrogens is 2. The van der Waals surface area contributed by atoms with Gasteiger partial charge < -0.3 is 19.3 Å².